The molecule has 0 spiro atoms. The lowest BCUT2D eigenvalue weighted by atomic mass is 10.0. The molecule has 0 aliphatic heterocycles. The van der Waals surface area contributed by atoms with E-state index < -0.39 is 17.9 Å². The van der Waals surface area contributed by atoms with Crippen LogP contribution in [0.5, 0.6) is 0 Å². The smallest absolute Gasteiger partial charge is 0.326 e. The first-order valence-corrected chi connectivity index (χ1v) is 9.49. The zero-order valence-corrected chi connectivity index (χ0v) is 16.6. The molecule has 1 heterocycles. The van der Waals surface area contributed by atoms with E-state index in [0.29, 0.717) is 40.7 Å². The molecule has 3 rings (SSSR count). The number of carboxylic acid groups (broad SMARTS) is 1. The summed E-state index contributed by atoms with van der Waals surface area (Å²) < 4.78 is 5.96. The van der Waals surface area contributed by atoms with Gasteiger partial charge in [-0.05, 0) is 49.6 Å². The number of fused-ring (bicyclic) bond motifs is 1. The predicted molar refractivity (Wildman–Crippen MR) is 111 cm³/mol. The van der Waals surface area contributed by atoms with E-state index in [4.69, 9.17) is 4.42 Å². The van der Waals surface area contributed by atoms with Crippen LogP contribution in [0.15, 0.2) is 51.7 Å². The molecule has 1 unspecified atom stereocenters. The van der Waals surface area contributed by atoms with Crippen LogP contribution in [-0.2, 0) is 4.79 Å². The Morgan fingerprint density at radius 1 is 1.10 bits per heavy atom. The van der Waals surface area contributed by atoms with E-state index in [2.05, 4.69) is 5.32 Å². The fourth-order valence-corrected chi connectivity index (χ4v) is 3.32. The Balaban J connectivity index is 1.89. The highest BCUT2D eigenvalue weighted by Gasteiger charge is 2.19. The maximum Gasteiger partial charge on any atom is 0.326 e. The van der Waals surface area contributed by atoms with E-state index in [-0.39, 0.29) is 5.43 Å². The molecular weight excluding hydrogens is 370 g/mol. The fourth-order valence-electron chi connectivity index (χ4n) is 3.32. The Bertz CT molecular complexity index is 1130. The molecule has 0 fully saturated rings. The number of hydrogen-bond donors (Lipinski definition) is 2. The van der Waals surface area contributed by atoms with Crippen molar-refractivity contribution in [3.63, 3.8) is 0 Å². The third-order valence-electron chi connectivity index (χ3n) is 4.77. The summed E-state index contributed by atoms with van der Waals surface area (Å²) >= 11 is 0. The van der Waals surface area contributed by atoms with Crippen molar-refractivity contribution in [1.82, 2.24) is 5.32 Å². The van der Waals surface area contributed by atoms with Crippen LogP contribution in [0.1, 0.15) is 41.3 Å². The highest BCUT2D eigenvalue weighted by Crippen LogP contribution is 2.25. The minimum Gasteiger partial charge on any atom is -0.480 e. The Labute approximate surface area is 168 Å². The molecule has 1 amide bonds. The summed E-state index contributed by atoms with van der Waals surface area (Å²) in [4.78, 5) is 36.1. The summed E-state index contributed by atoms with van der Waals surface area (Å²) in [7, 11) is 0. The zero-order chi connectivity index (χ0) is 21.1. The number of nitrogens with one attached hydrogen (secondary N) is 1. The van der Waals surface area contributed by atoms with Crippen molar-refractivity contribution < 1.29 is 19.1 Å². The van der Waals surface area contributed by atoms with Crippen LogP contribution < -0.4 is 10.7 Å². The van der Waals surface area contributed by atoms with Crippen LogP contribution in [0.3, 0.4) is 0 Å². The lowest BCUT2D eigenvalue weighted by Gasteiger charge is -2.13. The average molecular weight is 393 g/mol. The number of benzene rings is 2. The minimum atomic E-state index is -1.06. The molecular formula is C23H23NO5. The Hall–Kier alpha value is -3.41. The average Bonchev–Trinajstić information content (AvgIpc) is 2.68. The topological polar surface area (TPSA) is 96.6 Å². The lowest BCUT2D eigenvalue weighted by molar-refractivity contribution is -0.139. The number of aliphatic carboxylic acids is 1. The van der Waals surface area contributed by atoms with Gasteiger partial charge in [-0.3, -0.25) is 9.59 Å². The van der Waals surface area contributed by atoms with Crippen molar-refractivity contribution in [3.8, 4) is 11.3 Å². The molecule has 0 saturated heterocycles. The molecule has 0 aliphatic carbocycles. The van der Waals surface area contributed by atoms with Crippen molar-refractivity contribution in [2.45, 2.75) is 39.7 Å². The highest BCUT2D eigenvalue weighted by atomic mass is 16.4. The molecule has 2 aromatic carbocycles. The zero-order valence-electron chi connectivity index (χ0n) is 16.6. The number of hydrogen-bond acceptors (Lipinski definition) is 4. The van der Waals surface area contributed by atoms with Gasteiger partial charge in [-0.25, -0.2) is 4.79 Å². The van der Waals surface area contributed by atoms with Crippen LogP contribution in [0, 0.1) is 13.8 Å². The number of carbonyl (C=O) groups excluding carboxylic acids is 1. The molecule has 6 heteroatoms. The second-order valence-corrected chi connectivity index (χ2v) is 7.16. The third-order valence-corrected chi connectivity index (χ3v) is 4.77. The Kier molecular flexibility index (Phi) is 5.82. The normalized spacial score (nSPS) is 12.0. The fraction of sp³-hybridized carbons (Fsp3) is 0.261. The number of amides is 1. The number of carboxylic acids is 1. The molecule has 3 aromatic rings. The van der Waals surface area contributed by atoms with E-state index in [1.165, 1.54) is 6.07 Å². The van der Waals surface area contributed by atoms with Crippen molar-refractivity contribution in [2.24, 2.45) is 0 Å². The van der Waals surface area contributed by atoms with Crippen LogP contribution in [0.25, 0.3) is 22.3 Å². The standard InChI is InChI=1S/C23H23NO5/c1-4-5-18(23(27)28)24-22(26)16-8-6-15(7-9-16)20-12-19(25)17-11-13(2)10-14(3)21(17)29-20/h6-12,18H,4-5H2,1-3H3,(H,24,26)(H,27,28). The van der Waals surface area contributed by atoms with E-state index in [9.17, 15) is 19.5 Å². The summed E-state index contributed by atoms with van der Waals surface area (Å²) in [6, 6.07) is 10.8. The van der Waals surface area contributed by atoms with Gasteiger partial charge in [0.15, 0.2) is 5.43 Å². The summed E-state index contributed by atoms with van der Waals surface area (Å²) in [5.41, 5.74) is 3.29. The molecule has 2 N–H and O–H groups in total. The third kappa shape index (κ3) is 4.37. The van der Waals surface area contributed by atoms with E-state index >= 15 is 0 Å². The molecule has 0 saturated carbocycles. The van der Waals surface area contributed by atoms with Crippen molar-refractivity contribution in [1.29, 1.82) is 0 Å². The highest BCUT2D eigenvalue weighted by molar-refractivity contribution is 5.97. The maximum absolute atomic E-state index is 12.5. The Morgan fingerprint density at radius 2 is 1.79 bits per heavy atom. The molecule has 150 valence electrons. The van der Waals surface area contributed by atoms with E-state index in [1.54, 1.807) is 30.3 Å². The number of carbonyl (C=O) groups is 2. The van der Waals surface area contributed by atoms with Gasteiger partial charge in [0.1, 0.15) is 17.4 Å². The summed E-state index contributed by atoms with van der Waals surface area (Å²) in [5, 5.41) is 12.3. The van der Waals surface area contributed by atoms with Crippen LogP contribution >= 0.6 is 0 Å². The molecule has 29 heavy (non-hydrogen) atoms. The van der Waals surface area contributed by atoms with Crippen LogP contribution in [-0.4, -0.2) is 23.0 Å². The van der Waals surface area contributed by atoms with E-state index in [1.807, 2.05) is 26.8 Å². The van der Waals surface area contributed by atoms with Gasteiger partial charge in [0.25, 0.3) is 5.91 Å². The lowest BCUT2D eigenvalue weighted by Crippen LogP contribution is -2.40. The molecule has 0 bridgehead atoms. The molecule has 0 aliphatic rings. The molecule has 0 radical (unpaired) electrons. The van der Waals surface area contributed by atoms with Crippen molar-refractivity contribution in [2.75, 3.05) is 0 Å². The first-order valence-electron chi connectivity index (χ1n) is 9.49. The molecule has 6 nitrogen and oxygen atoms in total. The van der Waals surface area contributed by atoms with Crippen LogP contribution in [0.4, 0.5) is 0 Å². The second-order valence-electron chi connectivity index (χ2n) is 7.16. The second kappa shape index (κ2) is 8.31. The molecule has 1 aromatic heterocycles. The van der Waals surface area contributed by atoms with E-state index in [0.717, 1.165) is 11.1 Å². The summed E-state index contributed by atoms with van der Waals surface area (Å²) in [5.74, 6) is -1.10. The number of rotatable bonds is 6. The Morgan fingerprint density at radius 3 is 2.41 bits per heavy atom. The van der Waals surface area contributed by atoms with Gasteiger partial charge in [0.05, 0.1) is 5.39 Å². The number of aryl methyl sites for hydroxylation is 2. The first-order chi connectivity index (χ1) is 13.8. The van der Waals surface area contributed by atoms with Gasteiger partial charge in [-0.1, -0.05) is 31.5 Å². The summed E-state index contributed by atoms with van der Waals surface area (Å²) in [6.07, 6.45) is 1.01. The van der Waals surface area contributed by atoms with Gasteiger partial charge < -0.3 is 14.8 Å². The summed E-state index contributed by atoms with van der Waals surface area (Å²) in [6.45, 7) is 5.68. The monoisotopic (exact) mass is 393 g/mol. The SMILES string of the molecule is CCCC(NC(=O)c1ccc(-c2cc(=O)c3cc(C)cc(C)c3o2)cc1)C(=O)O. The van der Waals surface area contributed by atoms with Gasteiger partial charge in [0, 0.05) is 17.2 Å². The minimum absolute atomic E-state index is 0.126. The molecule has 1 atom stereocenters. The van der Waals surface area contributed by atoms with Crippen molar-refractivity contribution >= 4 is 22.8 Å². The van der Waals surface area contributed by atoms with Gasteiger partial charge in [-0.15, -0.1) is 0 Å². The largest absolute Gasteiger partial charge is 0.480 e. The first kappa shape index (κ1) is 20.3. The van der Waals surface area contributed by atoms with Gasteiger partial charge >= 0.3 is 5.97 Å². The van der Waals surface area contributed by atoms with Gasteiger partial charge in [0.2, 0.25) is 0 Å². The predicted octanol–water partition coefficient (Wildman–Crippen LogP) is 4.06. The maximum atomic E-state index is 12.5. The van der Waals surface area contributed by atoms with Crippen molar-refractivity contribution in [3.05, 3.63) is 69.4 Å². The quantitative estimate of drug-likeness (QED) is 0.658. The van der Waals surface area contributed by atoms with Crippen LogP contribution in [0.2, 0.25) is 0 Å². The van der Waals surface area contributed by atoms with Gasteiger partial charge in [-0.2, -0.15) is 0 Å².